The molecule has 7 nitrogen and oxygen atoms in total. The lowest BCUT2D eigenvalue weighted by molar-refractivity contribution is -0.128. The van der Waals surface area contributed by atoms with Crippen LogP contribution in [0.3, 0.4) is 0 Å². The number of piperazine rings is 1. The van der Waals surface area contributed by atoms with Crippen LogP contribution in [-0.2, 0) is 11.2 Å². The van der Waals surface area contributed by atoms with E-state index in [1.165, 1.54) is 12.1 Å². The number of hydrogen-bond donors (Lipinski definition) is 4. The molecule has 116 valence electrons. The molecule has 0 saturated carbocycles. The first kappa shape index (κ1) is 15.6. The highest BCUT2D eigenvalue weighted by Gasteiger charge is 2.20. The summed E-state index contributed by atoms with van der Waals surface area (Å²) in [7, 11) is 2.04. The van der Waals surface area contributed by atoms with E-state index in [2.05, 4.69) is 10.3 Å². The standard InChI is InChI=1S/C14H22N4O3/c1-17-4-6-18(7-5-17)16-14(21)11(15)8-10-2-3-12(19)13(20)9-10/h2-3,9,11,19-20H,4-8,15H2,1H3,(H,16,21)/t11-/m0/s1. The number of nitrogens with one attached hydrogen (secondary N) is 1. The Morgan fingerprint density at radius 2 is 1.95 bits per heavy atom. The number of hydrogen-bond acceptors (Lipinski definition) is 6. The quantitative estimate of drug-likeness (QED) is 0.545. The number of carbonyl (C=O) groups excluding carboxylic acids is 1. The first-order chi connectivity index (χ1) is 9.95. The number of nitrogens with two attached hydrogens (primary N) is 1. The number of rotatable bonds is 4. The molecular formula is C14H22N4O3. The highest BCUT2D eigenvalue weighted by molar-refractivity contribution is 5.81. The van der Waals surface area contributed by atoms with Gasteiger partial charge in [-0.05, 0) is 31.2 Å². The third-order valence-corrected chi connectivity index (χ3v) is 3.60. The molecule has 1 atom stereocenters. The Kier molecular flexibility index (Phi) is 5.00. The summed E-state index contributed by atoms with van der Waals surface area (Å²) in [6.07, 6.45) is 0.299. The Morgan fingerprint density at radius 1 is 1.29 bits per heavy atom. The van der Waals surface area contributed by atoms with Gasteiger partial charge in [-0.2, -0.15) is 0 Å². The van der Waals surface area contributed by atoms with Crippen molar-refractivity contribution in [2.24, 2.45) is 5.73 Å². The van der Waals surface area contributed by atoms with Gasteiger partial charge in [-0.1, -0.05) is 6.07 Å². The molecule has 1 saturated heterocycles. The van der Waals surface area contributed by atoms with Gasteiger partial charge in [0.05, 0.1) is 6.04 Å². The lowest BCUT2D eigenvalue weighted by Crippen LogP contribution is -2.56. The van der Waals surface area contributed by atoms with E-state index < -0.39 is 6.04 Å². The molecule has 7 heteroatoms. The van der Waals surface area contributed by atoms with Gasteiger partial charge in [0.15, 0.2) is 11.5 Å². The van der Waals surface area contributed by atoms with Gasteiger partial charge < -0.3 is 20.8 Å². The normalized spacial score (nSPS) is 18.4. The van der Waals surface area contributed by atoms with Crippen LogP contribution in [0.5, 0.6) is 11.5 Å². The number of benzene rings is 1. The third-order valence-electron chi connectivity index (χ3n) is 3.60. The first-order valence-corrected chi connectivity index (χ1v) is 6.96. The average molecular weight is 294 g/mol. The van der Waals surface area contributed by atoms with Crippen molar-refractivity contribution >= 4 is 5.91 Å². The van der Waals surface area contributed by atoms with Crippen LogP contribution >= 0.6 is 0 Å². The molecule has 1 aromatic rings. The second kappa shape index (κ2) is 6.75. The second-order valence-electron chi connectivity index (χ2n) is 5.40. The number of phenolic OH excluding ortho intramolecular Hbond substituents is 2. The van der Waals surface area contributed by atoms with Gasteiger partial charge in [-0.3, -0.25) is 10.2 Å². The van der Waals surface area contributed by atoms with E-state index in [4.69, 9.17) is 5.73 Å². The fourth-order valence-corrected chi connectivity index (χ4v) is 2.20. The molecule has 0 aliphatic carbocycles. The Hall–Kier alpha value is -1.83. The minimum Gasteiger partial charge on any atom is -0.504 e. The summed E-state index contributed by atoms with van der Waals surface area (Å²) in [5.41, 5.74) is 9.41. The fourth-order valence-electron chi connectivity index (χ4n) is 2.20. The summed E-state index contributed by atoms with van der Waals surface area (Å²) >= 11 is 0. The van der Waals surface area contributed by atoms with E-state index in [0.29, 0.717) is 12.0 Å². The second-order valence-corrected chi connectivity index (χ2v) is 5.40. The smallest absolute Gasteiger partial charge is 0.251 e. The van der Waals surface area contributed by atoms with E-state index in [1.807, 2.05) is 12.1 Å². The van der Waals surface area contributed by atoms with Gasteiger partial charge in [-0.15, -0.1) is 0 Å². The minimum atomic E-state index is -0.700. The van der Waals surface area contributed by atoms with Gasteiger partial charge in [0.25, 0.3) is 5.91 Å². The number of amides is 1. The third kappa shape index (κ3) is 4.32. The molecule has 2 rings (SSSR count). The first-order valence-electron chi connectivity index (χ1n) is 6.96. The monoisotopic (exact) mass is 294 g/mol. The average Bonchev–Trinajstić information content (AvgIpc) is 2.45. The molecule has 1 amide bonds. The number of carbonyl (C=O) groups is 1. The maximum Gasteiger partial charge on any atom is 0.251 e. The van der Waals surface area contributed by atoms with Crippen LogP contribution in [0, 0.1) is 0 Å². The summed E-state index contributed by atoms with van der Waals surface area (Å²) in [6, 6.07) is 3.74. The van der Waals surface area contributed by atoms with Crippen molar-refractivity contribution in [1.82, 2.24) is 15.3 Å². The molecule has 1 fully saturated rings. The van der Waals surface area contributed by atoms with E-state index in [1.54, 1.807) is 6.07 Å². The highest BCUT2D eigenvalue weighted by Crippen LogP contribution is 2.25. The molecule has 5 N–H and O–H groups in total. The van der Waals surface area contributed by atoms with Crippen molar-refractivity contribution in [3.8, 4) is 11.5 Å². The Labute approximate surface area is 123 Å². The molecule has 1 aliphatic rings. The molecule has 0 aromatic heterocycles. The predicted octanol–water partition coefficient (Wildman–Crippen LogP) is -0.754. The van der Waals surface area contributed by atoms with E-state index in [0.717, 1.165) is 26.2 Å². The highest BCUT2D eigenvalue weighted by atomic mass is 16.3. The largest absolute Gasteiger partial charge is 0.504 e. The van der Waals surface area contributed by atoms with Crippen molar-refractivity contribution in [2.75, 3.05) is 33.2 Å². The SMILES string of the molecule is CN1CCN(NC(=O)[C@@H](N)Cc2ccc(O)c(O)c2)CC1. The van der Waals surface area contributed by atoms with Crippen LogP contribution in [0.2, 0.25) is 0 Å². The lowest BCUT2D eigenvalue weighted by Gasteiger charge is -2.33. The fraction of sp³-hybridized carbons (Fsp3) is 0.500. The van der Waals surface area contributed by atoms with Crippen LogP contribution in [0.15, 0.2) is 18.2 Å². The molecule has 0 spiro atoms. The zero-order valence-electron chi connectivity index (χ0n) is 12.1. The number of phenols is 2. The van der Waals surface area contributed by atoms with Gasteiger partial charge in [0.1, 0.15) is 0 Å². The summed E-state index contributed by atoms with van der Waals surface area (Å²) in [5, 5.41) is 20.6. The van der Waals surface area contributed by atoms with Gasteiger partial charge in [0, 0.05) is 26.2 Å². The summed E-state index contributed by atoms with van der Waals surface area (Å²) in [4.78, 5) is 14.2. The molecule has 0 radical (unpaired) electrons. The van der Waals surface area contributed by atoms with Crippen LogP contribution in [0.4, 0.5) is 0 Å². The van der Waals surface area contributed by atoms with Gasteiger partial charge in [0.2, 0.25) is 0 Å². The molecular weight excluding hydrogens is 272 g/mol. The van der Waals surface area contributed by atoms with Gasteiger partial charge >= 0.3 is 0 Å². The number of aromatic hydroxyl groups is 2. The molecule has 1 heterocycles. The Bertz CT molecular complexity index is 501. The lowest BCUT2D eigenvalue weighted by atomic mass is 10.1. The summed E-state index contributed by atoms with van der Waals surface area (Å²) < 4.78 is 0. The van der Waals surface area contributed by atoms with Crippen LogP contribution < -0.4 is 11.2 Å². The van der Waals surface area contributed by atoms with E-state index in [9.17, 15) is 15.0 Å². The van der Waals surface area contributed by atoms with Crippen molar-refractivity contribution in [1.29, 1.82) is 0 Å². The van der Waals surface area contributed by atoms with Crippen LogP contribution in [0.25, 0.3) is 0 Å². The van der Waals surface area contributed by atoms with Crippen molar-refractivity contribution < 1.29 is 15.0 Å². The maximum absolute atomic E-state index is 12.0. The summed E-state index contributed by atoms with van der Waals surface area (Å²) in [6.45, 7) is 3.35. The molecule has 1 aliphatic heterocycles. The van der Waals surface area contributed by atoms with Crippen molar-refractivity contribution in [3.05, 3.63) is 23.8 Å². The minimum absolute atomic E-state index is 0.186. The zero-order valence-corrected chi connectivity index (χ0v) is 12.1. The van der Waals surface area contributed by atoms with E-state index >= 15 is 0 Å². The Morgan fingerprint density at radius 3 is 2.57 bits per heavy atom. The topological polar surface area (TPSA) is 102 Å². The van der Waals surface area contributed by atoms with Crippen LogP contribution in [-0.4, -0.2) is 65.3 Å². The van der Waals surface area contributed by atoms with Crippen LogP contribution in [0.1, 0.15) is 5.56 Å². The number of hydrazine groups is 1. The molecule has 0 bridgehead atoms. The number of likely N-dealkylation sites (N-methyl/N-ethyl adjacent to an activating group) is 1. The Balaban J connectivity index is 1.86. The van der Waals surface area contributed by atoms with Crippen molar-refractivity contribution in [3.63, 3.8) is 0 Å². The van der Waals surface area contributed by atoms with Crippen molar-refractivity contribution in [2.45, 2.75) is 12.5 Å². The molecule has 21 heavy (non-hydrogen) atoms. The maximum atomic E-state index is 12.0. The summed E-state index contributed by atoms with van der Waals surface area (Å²) in [5.74, 6) is -0.638. The predicted molar refractivity (Wildman–Crippen MR) is 78.7 cm³/mol. The zero-order chi connectivity index (χ0) is 15.4. The molecule has 0 unspecified atom stereocenters. The van der Waals surface area contributed by atoms with E-state index in [-0.39, 0.29) is 17.4 Å². The number of nitrogens with zero attached hydrogens (tertiary/aromatic N) is 2. The molecule has 1 aromatic carbocycles. The van der Waals surface area contributed by atoms with Gasteiger partial charge in [-0.25, -0.2) is 5.01 Å².